The minimum atomic E-state index is 0.287. The lowest BCUT2D eigenvalue weighted by molar-refractivity contribution is -0.0721. The number of benzene rings is 1. The summed E-state index contributed by atoms with van der Waals surface area (Å²) in [5.41, 5.74) is 1.73. The normalized spacial score (nSPS) is 21.4. The largest absolute Gasteiger partial charge is 0.376 e. The molecule has 152 valence electrons. The number of aliphatic imine (C=N–C) groups is 1. The molecule has 6 nitrogen and oxygen atoms in total. The van der Waals surface area contributed by atoms with Crippen LogP contribution in [0, 0.1) is 11.3 Å². The fourth-order valence-corrected chi connectivity index (χ4v) is 3.75. The zero-order valence-electron chi connectivity index (χ0n) is 16.9. The van der Waals surface area contributed by atoms with Crippen molar-refractivity contribution in [3.63, 3.8) is 0 Å². The number of hydrogen-bond acceptors (Lipinski definition) is 4. The number of nitriles is 1. The van der Waals surface area contributed by atoms with Crippen LogP contribution >= 0.6 is 0 Å². The fourth-order valence-electron chi connectivity index (χ4n) is 3.75. The number of rotatable bonds is 6. The van der Waals surface area contributed by atoms with Crippen molar-refractivity contribution in [3.8, 4) is 6.07 Å². The molecule has 1 aromatic carbocycles. The van der Waals surface area contributed by atoms with E-state index in [-0.39, 0.29) is 6.10 Å². The molecule has 0 radical (unpaired) electrons. The molecule has 2 saturated heterocycles. The minimum absolute atomic E-state index is 0.287. The highest BCUT2D eigenvalue weighted by Crippen LogP contribution is 2.18. The van der Waals surface area contributed by atoms with Crippen LogP contribution in [-0.4, -0.2) is 55.9 Å². The molecule has 0 aliphatic carbocycles. The molecule has 1 N–H and O–H groups in total. The Balaban J connectivity index is 1.48. The van der Waals surface area contributed by atoms with E-state index in [1.54, 1.807) is 0 Å². The topological polar surface area (TPSA) is 69.9 Å². The fraction of sp³-hybridized carbons (Fsp3) is 0.636. The highest BCUT2D eigenvalue weighted by atomic mass is 16.5. The summed E-state index contributed by atoms with van der Waals surface area (Å²) in [5, 5.41) is 12.5. The quantitative estimate of drug-likeness (QED) is 0.603. The maximum absolute atomic E-state index is 9.05. The molecule has 2 aliphatic rings. The highest BCUT2D eigenvalue weighted by Gasteiger charge is 2.23. The number of nitrogens with zero attached hydrogens (tertiary/aromatic N) is 3. The summed E-state index contributed by atoms with van der Waals surface area (Å²) in [6, 6.07) is 9.84. The second-order valence-corrected chi connectivity index (χ2v) is 7.49. The summed E-state index contributed by atoms with van der Waals surface area (Å²) in [6.07, 6.45) is 6.20. The Labute approximate surface area is 168 Å². The highest BCUT2D eigenvalue weighted by molar-refractivity contribution is 5.80. The van der Waals surface area contributed by atoms with Crippen molar-refractivity contribution in [3.05, 3.63) is 35.4 Å². The zero-order chi connectivity index (χ0) is 19.6. The maximum atomic E-state index is 9.05. The molecule has 2 fully saturated rings. The standard InChI is InChI=1S/C22H32N4O2/c1-2-24-22(25-16-19-7-5-6-18(14-19)15-23)26-11-9-20(10-12-26)28-17-21-8-3-4-13-27-21/h5-7,14,20-21H,2-4,8-13,16-17H2,1H3,(H,24,25). The Bertz CT molecular complexity index is 671. The van der Waals surface area contributed by atoms with Gasteiger partial charge in [0.05, 0.1) is 37.0 Å². The van der Waals surface area contributed by atoms with Crippen LogP contribution in [0.5, 0.6) is 0 Å². The molecule has 28 heavy (non-hydrogen) atoms. The van der Waals surface area contributed by atoms with Crippen molar-refractivity contribution >= 4 is 5.96 Å². The molecule has 2 aliphatic heterocycles. The van der Waals surface area contributed by atoms with Crippen LogP contribution in [0.2, 0.25) is 0 Å². The van der Waals surface area contributed by atoms with Gasteiger partial charge in [0.15, 0.2) is 5.96 Å². The van der Waals surface area contributed by atoms with E-state index in [0.717, 1.165) is 63.6 Å². The van der Waals surface area contributed by atoms with Crippen LogP contribution in [0.1, 0.15) is 50.2 Å². The number of piperidine rings is 1. The van der Waals surface area contributed by atoms with Gasteiger partial charge in [-0.15, -0.1) is 0 Å². The summed E-state index contributed by atoms with van der Waals surface area (Å²) < 4.78 is 11.9. The van der Waals surface area contributed by atoms with Gasteiger partial charge in [-0.2, -0.15) is 5.26 Å². The van der Waals surface area contributed by atoms with Gasteiger partial charge >= 0.3 is 0 Å². The van der Waals surface area contributed by atoms with E-state index in [2.05, 4.69) is 23.2 Å². The third-order valence-electron chi connectivity index (χ3n) is 5.34. The summed E-state index contributed by atoms with van der Waals surface area (Å²) in [6.45, 7) is 7.01. The van der Waals surface area contributed by atoms with Crippen LogP contribution < -0.4 is 5.32 Å². The zero-order valence-corrected chi connectivity index (χ0v) is 16.9. The molecule has 0 saturated carbocycles. The van der Waals surface area contributed by atoms with Gasteiger partial charge < -0.3 is 19.7 Å². The molecule has 3 rings (SSSR count). The number of guanidine groups is 1. The predicted octanol–water partition coefficient (Wildman–Crippen LogP) is 3.07. The smallest absolute Gasteiger partial charge is 0.194 e. The lowest BCUT2D eigenvalue weighted by Gasteiger charge is -2.35. The first-order valence-electron chi connectivity index (χ1n) is 10.5. The van der Waals surface area contributed by atoms with Crippen LogP contribution in [0.4, 0.5) is 0 Å². The number of likely N-dealkylation sites (tertiary alicyclic amines) is 1. The second kappa shape index (κ2) is 11.0. The molecule has 1 aromatic rings. The first kappa shape index (κ1) is 20.6. The monoisotopic (exact) mass is 384 g/mol. The minimum Gasteiger partial charge on any atom is -0.376 e. The van der Waals surface area contributed by atoms with Crippen molar-refractivity contribution in [2.75, 3.05) is 32.8 Å². The average Bonchev–Trinajstić information content (AvgIpc) is 2.76. The molecule has 6 heteroatoms. The van der Waals surface area contributed by atoms with E-state index in [9.17, 15) is 0 Å². The van der Waals surface area contributed by atoms with Crippen molar-refractivity contribution in [2.24, 2.45) is 4.99 Å². The first-order chi connectivity index (χ1) is 13.8. The molecule has 0 spiro atoms. The maximum Gasteiger partial charge on any atom is 0.194 e. The summed E-state index contributed by atoms with van der Waals surface area (Å²) in [5.74, 6) is 0.943. The third kappa shape index (κ3) is 6.22. The Morgan fingerprint density at radius 1 is 1.32 bits per heavy atom. The van der Waals surface area contributed by atoms with Gasteiger partial charge in [0.1, 0.15) is 0 Å². The van der Waals surface area contributed by atoms with Gasteiger partial charge in [-0.1, -0.05) is 12.1 Å². The Kier molecular flexibility index (Phi) is 8.13. The molecular formula is C22H32N4O2. The van der Waals surface area contributed by atoms with Crippen molar-refractivity contribution in [1.29, 1.82) is 5.26 Å². The van der Waals surface area contributed by atoms with Gasteiger partial charge in [-0.05, 0) is 56.7 Å². The third-order valence-corrected chi connectivity index (χ3v) is 5.34. The van der Waals surface area contributed by atoms with Gasteiger partial charge in [-0.25, -0.2) is 4.99 Å². The van der Waals surface area contributed by atoms with Crippen molar-refractivity contribution < 1.29 is 9.47 Å². The summed E-state index contributed by atoms with van der Waals surface area (Å²) >= 11 is 0. The summed E-state index contributed by atoms with van der Waals surface area (Å²) in [4.78, 5) is 7.10. The van der Waals surface area contributed by atoms with Gasteiger partial charge in [0, 0.05) is 26.2 Å². The van der Waals surface area contributed by atoms with Crippen LogP contribution in [0.25, 0.3) is 0 Å². The SMILES string of the molecule is CCNC(=NCc1cccc(C#N)c1)N1CCC(OCC2CCCCO2)CC1. The number of ether oxygens (including phenoxy) is 2. The Morgan fingerprint density at radius 3 is 2.89 bits per heavy atom. The molecule has 2 heterocycles. The molecule has 0 amide bonds. The molecule has 0 bridgehead atoms. The number of nitrogens with one attached hydrogen (secondary N) is 1. The summed E-state index contributed by atoms with van der Waals surface area (Å²) in [7, 11) is 0. The molecule has 0 aromatic heterocycles. The predicted molar refractivity (Wildman–Crippen MR) is 110 cm³/mol. The lowest BCUT2D eigenvalue weighted by Crippen LogP contribution is -2.47. The van der Waals surface area contributed by atoms with Gasteiger partial charge in [-0.3, -0.25) is 0 Å². The van der Waals surface area contributed by atoms with Crippen molar-refractivity contribution in [2.45, 2.75) is 57.8 Å². The van der Waals surface area contributed by atoms with E-state index in [0.29, 0.717) is 18.2 Å². The molecule has 1 unspecified atom stereocenters. The molecular weight excluding hydrogens is 352 g/mol. The molecule has 1 atom stereocenters. The average molecular weight is 385 g/mol. The van der Waals surface area contributed by atoms with Crippen molar-refractivity contribution in [1.82, 2.24) is 10.2 Å². The van der Waals surface area contributed by atoms with Crippen LogP contribution in [0.15, 0.2) is 29.3 Å². The Hall–Kier alpha value is -2.10. The van der Waals surface area contributed by atoms with E-state index in [1.165, 1.54) is 12.8 Å². The lowest BCUT2D eigenvalue weighted by atomic mass is 10.1. The Morgan fingerprint density at radius 2 is 2.18 bits per heavy atom. The first-order valence-corrected chi connectivity index (χ1v) is 10.5. The van der Waals surface area contributed by atoms with Crippen LogP contribution in [-0.2, 0) is 16.0 Å². The number of hydrogen-bond donors (Lipinski definition) is 1. The van der Waals surface area contributed by atoms with Crippen LogP contribution in [0.3, 0.4) is 0 Å². The van der Waals surface area contributed by atoms with Gasteiger partial charge in [0.2, 0.25) is 0 Å². The van der Waals surface area contributed by atoms with Gasteiger partial charge in [0.25, 0.3) is 0 Å². The van der Waals surface area contributed by atoms with E-state index in [1.807, 2.05) is 24.3 Å². The second-order valence-electron chi connectivity index (χ2n) is 7.49. The van der Waals surface area contributed by atoms with E-state index in [4.69, 9.17) is 19.7 Å². The van der Waals surface area contributed by atoms with E-state index >= 15 is 0 Å². The van der Waals surface area contributed by atoms with E-state index < -0.39 is 0 Å².